The Morgan fingerprint density at radius 2 is 1.73 bits per heavy atom. The van der Waals surface area contributed by atoms with Crippen molar-refractivity contribution >= 4 is 22.9 Å². The van der Waals surface area contributed by atoms with E-state index < -0.39 is 0 Å². The van der Waals surface area contributed by atoms with Gasteiger partial charge in [0.05, 0.1) is 18.7 Å². The van der Waals surface area contributed by atoms with Gasteiger partial charge in [-0.3, -0.25) is 0 Å². The Labute approximate surface area is 129 Å². The first kappa shape index (κ1) is 13.9. The highest BCUT2D eigenvalue weighted by Gasteiger charge is 2.06. The second-order valence-electron chi connectivity index (χ2n) is 4.97. The molecule has 0 radical (unpaired) electrons. The predicted molar refractivity (Wildman–Crippen MR) is 90.6 cm³/mol. The summed E-state index contributed by atoms with van der Waals surface area (Å²) >= 11 is 0. The first-order chi connectivity index (χ1) is 10.8. The molecule has 0 saturated heterocycles. The summed E-state index contributed by atoms with van der Waals surface area (Å²) in [5.74, 6) is 0.801. The van der Waals surface area contributed by atoms with Gasteiger partial charge in [0.25, 0.3) is 0 Å². The molecule has 3 rings (SSSR count). The third-order valence-electron chi connectivity index (χ3n) is 3.61. The Hall–Kier alpha value is -3.05. The monoisotopic (exact) mass is 285 g/mol. The second kappa shape index (κ2) is 6.15. The molecule has 2 heteroatoms. The summed E-state index contributed by atoms with van der Waals surface area (Å²) in [4.78, 5) is 0. The normalized spacial score (nSPS) is 10.7. The number of nitrogens with zero attached hydrogens (tertiary/aromatic N) is 1. The number of rotatable bonds is 3. The van der Waals surface area contributed by atoms with Crippen LogP contribution in [0.2, 0.25) is 0 Å². The van der Waals surface area contributed by atoms with Gasteiger partial charge < -0.3 is 4.74 Å². The van der Waals surface area contributed by atoms with Crippen LogP contribution in [0.1, 0.15) is 16.7 Å². The van der Waals surface area contributed by atoms with Crippen molar-refractivity contribution < 1.29 is 4.74 Å². The van der Waals surface area contributed by atoms with Crippen molar-refractivity contribution in [3.63, 3.8) is 0 Å². The molecule has 106 valence electrons. The smallest absolute Gasteiger partial charge is 0.126 e. The molecule has 0 bridgehead atoms. The minimum atomic E-state index is 0.648. The molecular formula is C20H15NO. The molecule has 0 N–H and O–H groups in total. The van der Waals surface area contributed by atoms with E-state index in [4.69, 9.17) is 10.00 Å². The molecule has 0 aliphatic rings. The molecule has 0 amide bonds. The van der Waals surface area contributed by atoms with E-state index in [2.05, 4.69) is 24.3 Å². The van der Waals surface area contributed by atoms with Gasteiger partial charge in [-0.1, -0.05) is 54.6 Å². The molecule has 3 aromatic rings. The van der Waals surface area contributed by atoms with E-state index in [0.29, 0.717) is 5.56 Å². The van der Waals surface area contributed by atoms with Gasteiger partial charge in [0.2, 0.25) is 0 Å². The van der Waals surface area contributed by atoms with Crippen molar-refractivity contribution in [2.75, 3.05) is 7.11 Å². The predicted octanol–water partition coefficient (Wildman–Crippen LogP) is 4.89. The van der Waals surface area contributed by atoms with Gasteiger partial charge in [-0.2, -0.15) is 5.26 Å². The van der Waals surface area contributed by atoms with Crippen molar-refractivity contribution in [2.45, 2.75) is 0 Å². The molecular weight excluding hydrogens is 270 g/mol. The topological polar surface area (TPSA) is 33.0 Å². The highest BCUT2D eigenvalue weighted by molar-refractivity contribution is 5.96. The van der Waals surface area contributed by atoms with Crippen LogP contribution in [0, 0.1) is 11.3 Å². The molecule has 0 aliphatic carbocycles. The Morgan fingerprint density at radius 3 is 2.45 bits per heavy atom. The zero-order chi connectivity index (χ0) is 15.4. The van der Waals surface area contributed by atoms with E-state index in [9.17, 15) is 0 Å². The summed E-state index contributed by atoms with van der Waals surface area (Å²) in [6.07, 6.45) is 4.09. The average Bonchev–Trinajstić information content (AvgIpc) is 2.59. The molecule has 0 heterocycles. The minimum absolute atomic E-state index is 0.648. The van der Waals surface area contributed by atoms with E-state index in [1.165, 1.54) is 0 Å². The molecule has 0 unspecified atom stereocenters. The maximum absolute atomic E-state index is 9.12. The lowest BCUT2D eigenvalue weighted by Crippen LogP contribution is -1.89. The lowest BCUT2D eigenvalue weighted by atomic mass is 10.00. The summed E-state index contributed by atoms with van der Waals surface area (Å²) in [5.41, 5.74) is 2.76. The first-order valence-electron chi connectivity index (χ1n) is 7.06. The fourth-order valence-corrected chi connectivity index (χ4v) is 2.49. The fourth-order valence-electron chi connectivity index (χ4n) is 2.49. The quantitative estimate of drug-likeness (QED) is 0.642. The van der Waals surface area contributed by atoms with Crippen molar-refractivity contribution in [3.8, 4) is 11.8 Å². The van der Waals surface area contributed by atoms with Crippen molar-refractivity contribution in [2.24, 2.45) is 0 Å². The summed E-state index contributed by atoms with van der Waals surface area (Å²) in [7, 11) is 1.66. The zero-order valence-corrected chi connectivity index (χ0v) is 12.3. The third kappa shape index (κ3) is 2.70. The molecule has 2 nitrogen and oxygen atoms in total. The maximum Gasteiger partial charge on any atom is 0.126 e. The minimum Gasteiger partial charge on any atom is -0.496 e. The number of fused-ring (bicyclic) bond motifs is 1. The number of ether oxygens (including phenoxy) is 1. The second-order valence-corrected chi connectivity index (χ2v) is 4.97. The highest BCUT2D eigenvalue weighted by Crippen LogP contribution is 2.30. The maximum atomic E-state index is 9.12. The Kier molecular flexibility index (Phi) is 3.89. The van der Waals surface area contributed by atoms with Crippen molar-refractivity contribution in [1.82, 2.24) is 0 Å². The van der Waals surface area contributed by atoms with Crippen LogP contribution in [0.25, 0.3) is 22.9 Å². The van der Waals surface area contributed by atoms with Crippen LogP contribution in [0.4, 0.5) is 0 Å². The summed E-state index contributed by atoms with van der Waals surface area (Å²) in [5, 5.41) is 11.2. The Balaban J connectivity index is 2.17. The van der Waals surface area contributed by atoms with Crippen molar-refractivity contribution in [1.29, 1.82) is 5.26 Å². The van der Waals surface area contributed by atoms with Gasteiger partial charge in [-0.25, -0.2) is 0 Å². The number of methoxy groups -OCH3 is 1. The summed E-state index contributed by atoms with van der Waals surface area (Å²) in [6, 6.07) is 22.0. The molecule has 22 heavy (non-hydrogen) atoms. The number of benzene rings is 3. The summed E-state index contributed by atoms with van der Waals surface area (Å²) in [6.45, 7) is 0. The SMILES string of the molecule is COc1ccc2ccc(C#N)cc2c1C=Cc1ccccc1. The van der Waals surface area contributed by atoms with Crippen LogP contribution in [0.3, 0.4) is 0 Å². The van der Waals surface area contributed by atoms with Crippen LogP contribution in [0.15, 0.2) is 60.7 Å². The van der Waals surface area contributed by atoms with Gasteiger partial charge >= 0.3 is 0 Å². The van der Waals surface area contributed by atoms with E-state index in [-0.39, 0.29) is 0 Å². The van der Waals surface area contributed by atoms with E-state index >= 15 is 0 Å². The van der Waals surface area contributed by atoms with Gasteiger partial charge in [0.15, 0.2) is 0 Å². The molecule has 0 fully saturated rings. The van der Waals surface area contributed by atoms with E-state index in [0.717, 1.165) is 27.6 Å². The highest BCUT2D eigenvalue weighted by atomic mass is 16.5. The number of nitriles is 1. The molecule has 0 saturated carbocycles. The van der Waals surface area contributed by atoms with Crippen LogP contribution in [-0.2, 0) is 0 Å². The van der Waals surface area contributed by atoms with Gasteiger partial charge in [-0.05, 0) is 34.5 Å². The molecule has 3 aromatic carbocycles. The molecule has 0 spiro atoms. The number of hydrogen-bond donors (Lipinski definition) is 0. The van der Waals surface area contributed by atoms with Crippen LogP contribution < -0.4 is 4.74 Å². The molecule has 0 aliphatic heterocycles. The van der Waals surface area contributed by atoms with Gasteiger partial charge in [-0.15, -0.1) is 0 Å². The number of hydrogen-bond acceptors (Lipinski definition) is 2. The average molecular weight is 285 g/mol. The standard InChI is InChI=1S/C20H15NO/c1-22-20-12-10-17-9-7-16(14-21)13-19(17)18(20)11-8-15-5-3-2-4-6-15/h2-13H,1H3. The third-order valence-corrected chi connectivity index (χ3v) is 3.61. The van der Waals surface area contributed by atoms with Crippen LogP contribution in [0.5, 0.6) is 5.75 Å². The Bertz CT molecular complexity index is 873. The Morgan fingerprint density at radius 1 is 0.955 bits per heavy atom. The largest absolute Gasteiger partial charge is 0.496 e. The van der Waals surface area contributed by atoms with Gasteiger partial charge in [0, 0.05) is 5.56 Å². The van der Waals surface area contributed by atoms with Crippen LogP contribution >= 0.6 is 0 Å². The molecule has 0 atom stereocenters. The lowest BCUT2D eigenvalue weighted by molar-refractivity contribution is 0.414. The van der Waals surface area contributed by atoms with Crippen molar-refractivity contribution in [3.05, 3.63) is 77.4 Å². The fraction of sp³-hybridized carbons (Fsp3) is 0.0500. The lowest BCUT2D eigenvalue weighted by Gasteiger charge is -2.09. The van der Waals surface area contributed by atoms with Crippen LogP contribution in [-0.4, -0.2) is 7.11 Å². The first-order valence-corrected chi connectivity index (χ1v) is 7.06. The van der Waals surface area contributed by atoms with E-state index in [1.54, 1.807) is 7.11 Å². The van der Waals surface area contributed by atoms with E-state index in [1.807, 2.05) is 54.6 Å². The molecule has 0 aromatic heterocycles. The summed E-state index contributed by atoms with van der Waals surface area (Å²) < 4.78 is 5.48. The van der Waals surface area contributed by atoms with Gasteiger partial charge in [0.1, 0.15) is 5.75 Å². The zero-order valence-electron chi connectivity index (χ0n) is 12.3.